The van der Waals surface area contributed by atoms with Crippen LogP contribution in [0.15, 0.2) is 36.4 Å². The molecule has 0 saturated carbocycles. The Bertz CT molecular complexity index is 1110. The molecule has 3 aromatic rings. The molecule has 0 saturated heterocycles. The van der Waals surface area contributed by atoms with Crippen LogP contribution in [-0.4, -0.2) is 16.9 Å². The number of fused-ring (bicyclic) bond motifs is 2. The average molecular weight is 362 g/mol. The van der Waals surface area contributed by atoms with Crippen LogP contribution in [0.3, 0.4) is 0 Å². The Morgan fingerprint density at radius 2 is 2.04 bits per heavy atom. The fraction of sp³-hybridized carbons (Fsp3) is 0.190. The van der Waals surface area contributed by atoms with Crippen molar-refractivity contribution >= 4 is 22.8 Å². The van der Waals surface area contributed by atoms with E-state index in [-0.39, 0.29) is 5.97 Å². The van der Waals surface area contributed by atoms with Crippen LogP contribution in [0, 0.1) is 13.8 Å². The van der Waals surface area contributed by atoms with Crippen LogP contribution in [0.25, 0.3) is 10.9 Å². The zero-order chi connectivity index (χ0) is 19.1. The van der Waals surface area contributed by atoms with Gasteiger partial charge < -0.3 is 15.2 Å². The van der Waals surface area contributed by atoms with Crippen LogP contribution in [0.4, 0.5) is 0 Å². The van der Waals surface area contributed by atoms with E-state index < -0.39 is 5.91 Å². The first-order valence-corrected chi connectivity index (χ1v) is 8.56. The second kappa shape index (κ2) is 6.39. The minimum Gasteiger partial charge on any atom is -0.489 e. The smallest absolute Gasteiger partial charge is 0.338 e. The summed E-state index contributed by atoms with van der Waals surface area (Å²) in [4.78, 5) is 27.8. The van der Waals surface area contributed by atoms with Crippen LogP contribution in [0.5, 0.6) is 5.75 Å². The van der Waals surface area contributed by atoms with Gasteiger partial charge in [0.25, 0.3) is 0 Å². The fourth-order valence-electron chi connectivity index (χ4n) is 3.35. The van der Waals surface area contributed by atoms with Crippen molar-refractivity contribution in [1.82, 2.24) is 4.98 Å². The summed E-state index contributed by atoms with van der Waals surface area (Å²) in [6, 6.07) is 10.7. The lowest BCUT2D eigenvalue weighted by Crippen LogP contribution is -2.12. The minimum absolute atomic E-state index is 0.281. The number of nitrogens with zero attached hydrogens (tertiary/aromatic N) is 1. The average Bonchev–Trinajstić information content (AvgIpc) is 3.02. The van der Waals surface area contributed by atoms with Gasteiger partial charge >= 0.3 is 5.97 Å². The van der Waals surface area contributed by atoms with Crippen molar-refractivity contribution < 1.29 is 19.1 Å². The van der Waals surface area contributed by atoms with Crippen LogP contribution >= 0.6 is 0 Å². The Balaban J connectivity index is 1.63. The van der Waals surface area contributed by atoms with Gasteiger partial charge in [-0.15, -0.1) is 0 Å². The Morgan fingerprint density at radius 3 is 2.81 bits per heavy atom. The third kappa shape index (κ3) is 2.99. The molecule has 0 radical (unpaired) electrons. The number of aryl methyl sites for hydroxylation is 1. The zero-order valence-corrected chi connectivity index (χ0v) is 15.0. The van der Waals surface area contributed by atoms with Crippen molar-refractivity contribution in [3.05, 3.63) is 69.9 Å². The van der Waals surface area contributed by atoms with Gasteiger partial charge in [-0.1, -0.05) is 6.07 Å². The maximum atomic E-state index is 11.8. The molecule has 0 bridgehead atoms. The molecule has 6 nitrogen and oxygen atoms in total. The molecule has 0 unspecified atom stereocenters. The number of carbonyl (C=O) groups is 2. The summed E-state index contributed by atoms with van der Waals surface area (Å²) in [6.45, 7) is 4.42. The molecule has 1 aliphatic rings. The molecule has 2 N–H and O–H groups in total. The first-order chi connectivity index (χ1) is 12.9. The summed E-state index contributed by atoms with van der Waals surface area (Å²) in [7, 11) is 0. The van der Waals surface area contributed by atoms with Gasteiger partial charge in [0.05, 0.1) is 16.6 Å². The topological polar surface area (TPSA) is 91.5 Å². The first kappa shape index (κ1) is 17.0. The lowest BCUT2D eigenvalue weighted by atomic mass is 9.99. The highest BCUT2D eigenvalue weighted by molar-refractivity contribution is 6.05. The van der Waals surface area contributed by atoms with Gasteiger partial charge in [-0.25, -0.2) is 4.79 Å². The number of benzene rings is 2. The van der Waals surface area contributed by atoms with E-state index in [0.717, 1.165) is 22.4 Å². The van der Waals surface area contributed by atoms with Crippen LogP contribution in [0.1, 0.15) is 43.1 Å². The van der Waals surface area contributed by atoms with E-state index in [9.17, 15) is 9.59 Å². The van der Waals surface area contributed by atoms with E-state index in [1.807, 2.05) is 32.0 Å². The second-order valence-corrected chi connectivity index (χ2v) is 6.60. The van der Waals surface area contributed by atoms with Gasteiger partial charge in [0, 0.05) is 16.6 Å². The zero-order valence-electron chi connectivity index (χ0n) is 15.0. The third-order valence-electron chi connectivity index (χ3n) is 4.85. The summed E-state index contributed by atoms with van der Waals surface area (Å²) in [5.41, 5.74) is 10.9. The quantitative estimate of drug-likeness (QED) is 0.720. The van der Waals surface area contributed by atoms with Gasteiger partial charge in [-0.3, -0.25) is 9.78 Å². The number of nitrogens with two attached hydrogens (primary N) is 1. The molecule has 4 rings (SSSR count). The number of esters is 1. The largest absolute Gasteiger partial charge is 0.489 e. The molecular weight excluding hydrogens is 344 g/mol. The van der Waals surface area contributed by atoms with E-state index in [1.54, 1.807) is 18.2 Å². The standard InChI is InChI=1S/C21H18N2O4/c1-11-7-17(20(22)24)16-8-14(4-6-19(16)23-11)26-9-13-3-5-15-18(12(13)2)10-27-21(15)25/h3-8H,9-10H2,1-2H3,(H2,22,24). The van der Waals surface area contributed by atoms with Crippen molar-refractivity contribution in [1.29, 1.82) is 0 Å². The van der Waals surface area contributed by atoms with Crippen molar-refractivity contribution in [2.24, 2.45) is 5.73 Å². The van der Waals surface area contributed by atoms with Gasteiger partial charge in [0.1, 0.15) is 19.0 Å². The Hall–Kier alpha value is -3.41. The number of hydrogen-bond donors (Lipinski definition) is 1. The second-order valence-electron chi connectivity index (χ2n) is 6.60. The number of hydrogen-bond acceptors (Lipinski definition) is 5. The van der Waals surface area contributed by atoms with Crippen molar-refractivity contribution in [3.63, 3.8) is 0 Å². The molecule has 2 aromatic carbocycles. The normalized spacial score (nSPS) is 12.7. The van der Waals surface area contributed by atoms with Crippen LogP contribution < -0.4 is 10.5 Å². The molecule has 136 valence electrons. The molecule has 27 heavy (non-hydrogen) atoms. The lowest BCUT2D eigenvalue weighted by Gasteiger charge is -2.12. The van der Waals surface area contributed by atoms with Crippen LogP contribution in [0.2, 0.25) is 0 Å². The Morgan fingerprint density at radius 1 is 1.22 bits per heavy atom. The molecular formula is C21H18N2O4. The summed E-state index contributed by atoms with van der Waals surface area (Å²) in [5.74, 6) is -0.165. The van der Waals surface area contributed by atoms with Gasteiger partial charge in [-0.05, 0) is 55.3 Å². The van der Waals surface area contributed by atoms with Crippen molar-refractivity contribution in [3.8, 4) is 5.75 Å². The predicted octanol–water partition coefficient (Wildman–Crippen LogP) is 3.20. The number of primary amides is 1. The number of pyridine rings is 1. The van der Waals surface area contributed by atoms with Gasteiger partial charge in [0.15, 0.2) is 0 Å². The molecule has 1 aromatic heterocycles. The lowest BCUT2D eigenvalue weighted by molar-refractivity contribution is 0.0534. The number of carbonyl (C=O) groups excluding carboxylic acids is 2. The number of rotatable bonds is 4. The maximum Gasteiger partial charge on any atom is 0.338 e. The monoisotopic (exact) mass is 362 g/mol. The van der Waals surface area contributed by atoms with Crippen LogP contribution in [-0.2, 0) is 18.0 Å². The summed E-state index contributed by atoms with van der Waals surface area (Å²) < 4.78 is 11.0. The van der Waals surface area contributed by atoms with Crippen molar-refractivity contribution in [2.45, 2.75) is 27.1 Å². The van der Waals surface area contributed by atoms with E-state index in [0.29, 0.717) is 41.0 Å². The first-order valence-electron chi connectivity index (χ1n) is 8.56. The molecule has 1 aliphatic heterocycles. The number of ether oxygens (including phenoxy) is 2. The number of amides is 1. The van der Waals surface area contributed by atoms with E-state index in [1.165, 1.54) is 0 Å². The molecule has 0 fully saturated rings. The molecule has 6 heteroatoms. The predicted molar refractivity (Wildman–Crippen MR) is 99.6 cm³/mol. The number of aromatic nitrogens is 1. The number of cyclic esters (lactones) is 1. The summed E-state index contributed by atoms with van der Waals surface area (Å²) in [6.07, 6.45) is 0. The highest BCUT2D eigenvalue weighted by atomic mass is 16.5. The van der Waals surface area contributed by atoms with Crippen molar-refractivity contribution in [2.75, 3.05) is 0 Å². The molecule has 0 spiro atoms. The highest BCUT2D eigenvalue weighted by Crippen LogP contribution is 2.28. The van der Waals surface area contributed by atoms with E-state index in [2.05, 4.69) is 4.98 Å². The Labute approximate surface area is 155 Å². The Kier molecular flexibility index (Phi) is 4.03. The minimum atomic E-state index is -0.498. The molecule has 1 amide bonds. The van der Waals surface area contributed by atoms with E-state index in [4.69, 9.17) is 15.2 Å². The SMILES string of the molecule is Cc1cc(C(N)=O)c2cc(OCc3ccc4c(c3C)COC4=O)ccc2n1. The van der Waals surface area contributed by atoms with E-state index >= 15 is 0 Å². The molecule has 0 aliphatic carbocycles. The summed E-state index contributed by atoms with van der Waals surface area (Å²) in [5, 5.41) is 0.662. The molecule has 0 atom stereocenters. The third-order valence-corrected chi connectivity index (χ3v) is 4.85. The van der Waals surface area contributed by atoms with Gasteiger partial charge in [-0.2, -0.15) is 0 Å². The maximum absolute atomic E-state index is 11.8. The fourth-order valence-corrected chi connectivity index (χ4v) is 3.35. The van der Waals surface area contributed by atoms with Gasteiger partial charge in [0.2, 0.25) is 5.91 Å². The highest BCUT2D eigenvalue weighted by Gasteiger charge is 2.23. The summed E-state index contributed by atoms with van der Waals surface area (Å²) >= 11 is 0. The molecule has 2 heterocycles.